The van der Waals surface area contributed by atoms with Crippen LogP contribution >= 0.6 is 11.3 Å². The van der Waals surface area contributed by atoms with Gasteiger partial charge in [-0.15, -0.1) is 11.3 Å². The third-order valence-corrected chi connectivity index (χ3v) is 4.09. The van der Waals surface area contributed by atoms with E-state index in [0.717, 1.165) is 22.7 Å². The SMILES string of the molecule is Cc1nc(-c2ccc(F)c(F)c2)sc1C(C)(C)N. The number of nitrogens with zero attached hydrogens (tertiary/aromatic N) is 1. The van der Waals surface area contributed by atoms with Gasteiger partial charge in [-0.2, -0.15) is 0 Å². The van der Waals surface area contributed by atoms with Crippen LogP contribution in [0.4, 0.5) is 8.78 Å². The van der Waals surface area contributed by atoms with Gasteiger partial charge < -0.3 is 5.73 Å². The molecule has 1 heterocycles. The van der Waals surface area contributed by atoms with Gasteiger partial charge in [0.25, 0.3) is 0 Å². The van der Waals surface area contributed by atoms with Gasteiger partial charge in [-0.05, 0) is 39.0 Å². The van der Waals surface area contributed by atoms with Crippen LogP contribution in [0.5, 0.6) is 0 Å². The van der Waals surface area contributed by atoms with Gasteiger partial charge in [-0.25, -0.2) is 13.8 Å². The Hall–Kier alpha value is -1.33. The molecule has 2 rings (SSSR count). The lowest BCUT2D eigenvalue weighted by molar-refractivity contribution is 0.509. The number of rotatable bonds is 2. The molecule has 0 fully saturated rings. The van der Waals surface area contributed by atoms with Crippen LogP contribution in [-0.4, -0.2) is 4.98 Å². The quantitative estimate of drug-likeness (QED) is 0.904. The highest BCUT2D eigenvalue weighted by molar-refractivity contribution is 7.15. The predicted octanol–water partition coefficient (Wildman–Crippen LogP) is 3.59. The maximum atomic E-state index is 13.2. The van der Waals surface area contributed by atoms with E-state index in [4.69, 9.17) is 5.73 Å². The van der Waals surface area contributed by atoms with E-state index in [2.05, 4.69) is 4.98 Å². The number of halogens is 2. The Balaban J connectivity index is 2.49. The molecule has 0 saturated heterocycles. The van der Waals surface area contributed by atoms with Crippen LogP contribution < -0.4 is 5.73 Å². The van der Waals surface area contributed by atoms with Crippen molar-refractivity contribution in [1.82, 2.24) is 4.98 Å². The standard InChI is InChI=1S/C13H14F2N2S/c1-7-11(13(2,3)16)18-12(17-7)8-4-5-9(14)10(15)6-8/h4-6H,16H2,1-3H3. The third kappa shape index (κ3) is 2.42. The van der Waals surface area contributed by atoms with Gasteiger partial charge >= 0.3 is 0 Å². The molecule has 0 atom stereocenters. The topological polar surface area (TPSA) is 38.9 Å². The van der Waals surface area contributed by atoms with Crippen molar-refractivity contribution in [3.05, 3.63) is 40.4 Å². The zero-order valence-electron chi connectivity index (χ0n) is 10.4. The lowest BCUT2D eigenvalue weighted by Crippen LogP contribution is -2.28. The summed E-state index contributed by atoms with van der Waals surface area (Å²) in [5.74, 6) is -1.72. The molecule has 1 aromatic carbocycles. The molecule has 0 saturated carbocycles. The average Bonchev–Trinajstić information content (AvgIpc) is 2.64. The molecule has 0 aliphatic carbocycles. The van der Waals surface area contributed by atoms with Gasteiger partial charge in [-0.3, -0.25) is 0 Å². The number of aromatic nitrogens is 1. The molecule has 96 valence electrons. The van der Waals surface area contributed by atoms with Crippen molar-refractivity contribution >= 4 is 11.3 Å². The first kappa shape index (κ1) is 13.1. The van der Waals surface area contributed by atoms with Gasteiger partial charge in [0.15, 0.2) is 11.6 Å². The zero-order valence-corrected chi connectivity index (χ0v) is 11.2. The molecule has 0 bridgehead atoms. The highest BCUT2D eigenvalue weighted by Crippen LogP contribution is 2.33. The van der Waals surface area contributed by atoms with Crippen LogP contribution in [0.25, 0.3) is 10.6 Å². The van der Waals surface area contributed by atoms with Crippen LogP contribution in [0.1, 0.15) is 24.4 Å². The molecule has 2 N–H and O–H groups in total. The molecule has 2 aromatic rings. The zero-order chi connectivity index (χ0) is 13.5. The Morgan fingerprint density at radius 2 is 1.89 bits per heavy atom. The number of hydrogen-bond donors (Lipinski definition) is 1. The summed E-state index contributed by atoms with van der Waals surface area (Å²) in [4.78, 5) is 5.31. The van der Waals surface area contributed by atoms with Crippen LogP contribution in [0.2, 0.25) is 0 Å². The maximum absolute atomic E-state index is 13.2. The maximum Gasteiger partial charge on any atom is 0.159 e. The molecule has 0 aliphatic rings. The van der Waals surface area contributed by atoms with E-state index in [1.807, 2.05) is 20.8 Å². The number of benzene rings is 1. The highest BCUT2D eigenvalue weighted by atomic mass is 32.1. The first-order valence-electron chi connectivity index (χ1n) is 5.51. The number of nitrogens with two attached hydrogens (primary N) is 1. The minimum atomic E-state index is -0.867. The summed E-state index contributed by atoms with van der Waals surface area (Å²) in [6.07, 6.45) is 0. The summed E-state index contributed by atoms with van der Waals surface area (Å²) in [6, 6.07) is 3.78. The smallest absolute Gasteiger partial charge is 0.159 e. The molecule has 0 aliphatic heterocycles. The first-order chi connectivity index (χ1) is 8.29. The van der Waals surface area contributed by atoms with Crippen LogP contribution in [0.15, 0.2) is 18.2 Å². The van der Waals surface area contributed by atoms with Crippen molar-refractivity contribution in [1.29, 1.82) is 0 Å². The molecule has 2 nitrogen and oxygen atoms in total. The Labute approximate surface area is 108 Å². The van der Waals surface area contributed by atoms with E-state index in [-0.39, 0.29) is 0 Å². The normalized spacial score (nSPS) is 11.9. The van der Waals surface area contributed by atoms with E-state index in [1.54, 1.807) is 0 Å². The van der Waals surface area contributed by atoms with Crippen LogP contribution in [0.3, 0.4) is 0 Å². The Kier molecular flexibility index (Phi) is 3.21. The molecular weight excluding hydrogens is 254 g/mol. The van der Waals surface area contributed by atoms with E-state index in [0.29, 0.717) is 10.6 Å². The molecule has 1 aromatic heterocycles. The minimum Gasteiger partial charge on any atom is -0.321 e. The summed E-state index contributed by atoms with van der Waals surface area (Å²) >= 11 is 1.41. The molecule has 5 heteroatoms. The number of hydrogen-bond acceptors (Lipinski definition) is 3. The largest absolute Gasteiger partial charge is 0.321 e. The highest BCUT2D eigenvalue weighted by Gasteiger charge is 2.22. The van der Waals surface area contributed by atoms with Gasteiger partial charge in [0.05, 0.1) is 5.69 Å². The van der Waals surface area contributed by atoms with Gasteiger partial charge in [-0.1, -0.05) is 0 Å². The fourth-order valence-corrected chi connectivity index (χ4v) is 2.82. The van der Waals surface area contributed by atoms with E-state index in [1.165, 1.54) is 17.4 Å². The van der Waals surface area contributed by atoms with Crippen LogP contribution in [0, 0.1) is 18.6 Å². The van der Waals surface area contributed by atoms with Gasteiger partial charge in [0.1, 0.15) is 5.01 Å². The van der Waals surface area contributed by atoms with Crippen molar-refractivity contribution in [3.63, 3.8) is 0 Å². The van der Waals surface area contributed by atoms with Crippen molar-refractivity contribution in [2.75, 3.05) is 0 Å². The average molecular weight is 268 g/mol. The molecule has 0 spiro atoms. The van der Waals surface area contributed by atoms with E-state index >= 15 is 0 Å². The second kappa shape index (κ2) is 4.40. The van der Waals surface area contributed by atoms with Gasteiger partial charge in [0.2, 0.25) is 0 Å². The summed E-state index contributed by atoms with van der Waals surface area (Å²) in [7, 11) is 0. The van der Waals surface area contributed by atoms with Crippen molar-refractivity contribution in [3.8, 4) is 10.6 Å². The lowest BCUT2D eigenvalue weighted by atomic mass is 10.0. The van der Waals surface area contributed by atoms with Gasteiger partial charge in [0, 0.05) is 16.0 Å². The monoisotopic (exact) mass is 268 g/mol. The first-order valence-corrected chi connectivity index (χ1v) is 6.33. The fraction of sp³-hybridized carbons (Fsp3) is 0.308. The van der Waals surface area contributed by atoms with E-state index in [9.17, 15) is 8.78 Å². The molecular formula is C13H14F2N2S. The number of aryl methyl sites for hydroxylation is 1. The summed E-state index contributed by atoms with van der Waals surface area (Å²) < 4.78 is 26.1. The van der Waals surface area contributed by atoms with Crippen LogP contribution in [-0.2, 0) is 5.54 Å². The third-order valence-electron chi connectivity index (χ3n) is 2.55. The summed E-state index contributed by atoms with van der Waals surface area (Å²) in [5.41, 5.74) is 6.95. The second-order valence-electron chi connectivity index (χ2n) is 4.78. The molecule has 0 radical (unpaired) electrons. The minimum absolute atomic E-state index is 0.488. The summed E-state index contributed by atoms with van der Waals surface area (Å²) in [5, 5.41) is 0.653. The Morgan fingerprint density at radius 1 is 1.22 bits per heavy atom. The molecule has 0 amide bonds. The second-order valence-corrected chi connectivity index (χ2v) is 5.78. The predicted molar refractivity (Wildman–Crippen MR) is 69.4 cm³/mol. The van der Waals surface area contributed by atoms with E-state index < -0.39 is 17.2 Å². The fourth-order valence-electron chi connectivity index (χ4n) is 1.75. The van der Waals surface area contributed by atoms with Crippen molar-refractivity contribution in [2.24, 2.45) is 5.73 Å². The lowest BCUT2D eigenvalue weighted by Gasteiger charge is -2.16. The van der Waals surface area contributed by atoms with Crippen molar-refractivity contribution in [2.45, 2.75) is 26.3 Å². The molecule has 18 heavy (non-hydrogen) atoms. The number of thiazole rings is 1. The van der Waals surface area contributed by atoms with Crippen molar-refractivity contribution < 1.29 is 8.78 Å². The Bertz CT molecular complexity index is 585. The molecule has 0 unspecified atom stereocenters. The Morgan fingerprint density at radius 3 is 2.39 bits per heavy atom. The summed E-state index contributed by atoms with van der Waals surface area (Å²) in [6.45, 7) is 5.65.